The van der Waals surface area contributed by atoms with Crippen LogP contribution in [-0.2, 0) is 5.41 Å². The third-order valence-electron chi connectivity index (χ3n) is 2.67. The van der Waals surface area contributed by atoms with E-state index in [9.17, 15) is 0 Å². The van der Waals surface area contributed by atoms with Crippen LogP contribution in [0, 0.1) is 0 Å². The molecule has 0 fully saturated rings. The van der Waals surface area contributed by atoms with Gasteiger partial charge in [-0.05, 0) is 18.2 Å². The van der Waals surface area contributed by atoms with Gasteiger partial charge in [0, 0.05) is 22.2 Å². The first-order chi connectivity index (χ1) is 7.80. The molecule has 17 heavy (non-hydrogen) atoms. The molecule has 0 radical (unpaired) electrons. The number of aromatic nitrogens is 1. The lowest BCUT2D eigenvalue weighted by Crippen LogP contribution is -2.14. The lowest BCUT2D eigenvalue weighted by molar-refractivity contribution is 0.572. The van der Waals surface area contributed by atoms with Crippen LogP contribution in [0.25, 0.3) is 10.9 Å². The molecule has 2 nitrogen and oxygen atoms in total. The van der Waals surface area contributed by atoms with E-state index >= 15 is 0 Å². The maximum absolute atomic E-state index is 6.17. The van der Waals surface area contributed by atoms with Gasteiger partial charge in [0.15, 0.2) is 0 Å². The molecule has 1 heterocycles. The van der Waals surface area contributed by atoms with Crippen molar-refractivity contribution in [3.05, 3.63) is 33.9 Å². The minimum atomic E-state index is -0.0754. The Morgan fingerprint density at radius 3 is 2.41 bits per heavy atom. The van der Waals surface area contributed by atoms with Crippen LogP contribution in [0.1, 0.15) is 26.5 Å². The highest BCUT2D eigenvalue weighted by atomic mass is 35.5. The number of benzene rings is 1. The van der Waals surface area contributed by atoms with Gasteiger partial charge in [0.05, 0.1) is 15.6 Å². The summed E-state index contributed by atoms with van der Waals surface area (Å²) in [5.41, 5.74) is 8.21. The lowest BCUT2D eigenvalue weighted by atomic mass is 9.91. The van der Waals surface area contributed by atoms with Gasteiger partial charge in [0.2, 0.25) is 0 Å². The molecule has 2 rings (SSSR count). The van der Waals surface area contributed by atoms with Crippen LogP contribution in [0.5, 0.6) is 0 Å². The number of anilines is 1. The Labute approximate surface area is 111 Å². The Bertz CT molecular complexity index is 586. The van der Waals surface area contributed by atoms with E-state index in [0.717, 1.165) is 11.1 Å². The van der Waals surface area contributed by atoms with Crippen LogP contribution in [-0.4, -0.2) is 4.98 Å². The summed E-state index contributed by atoms with van der Waals surface area (Å²) < 4.78 is 0. The zero-order valence-electron chi connectivity index (χ0n) is 10.0. The summed E-state index contributed by atoms with van der Waals surface area (Å²) in [5, 5.41) is 1.80. The number of nitrogens with zero attached hydrogens (tertiary/aromatic N) is 1. The number of halogens is 2. The first-order valence-electron chi connectivity index (χ1n) is 5.35. The molecule has 0 spiro atoms. The number of hydrogen-bond donors (Lipinski definition) is 1. The zero-order valence-corrected chi connectivity index (χ0v) is 11.5. The highest BCUT2D eigenvalue weighted by Crippen LogP contribution is 2.34. The predicted octanol–water partition coefficient (Wildman–Crippen LogP) is 4.42. The number of hydrogen-bond acceptors (Lipinski definition) is 2. The molecule has 0 atom stereocenters. The molecule has 0 saturated carbocycles. The summed E-state index contributed by atoms with van der Waals surface area (Å²) in [6.07, 6.45) is 0. The highest BCUT2D eigenvalue weighted by Gasteiger charge is 2.18. The molecular weight excluding hydrogens is 255 g/mol. The number of rotatable bonds is 0. The highest BCUT2D eigenvalue weighted by molar-refractivity contribution is 6.45. The summed E-state index contributed by atoms with van der Waals surface area (Å²) in [7, 11) is 0. The normalized spacial score (nSPS) is 12.1. The van der Waals surface area contributed by atoms with E-state index in [1.54, 1.807) is 6.07 Å². The summed E-state index contributed by atoms with van der Waals surface area (Å²) in [5.74, 6) is 0. The average molecular weight is 269 g/mol. The van der Waals surface area contributed by atoms with E-state index in [1.165, 1.54) is 0 Å². The SMILES string of the molecule is CC(C)(C)c1cc(N)c2ccc(Cl)c(Cl)c2n1. The summed E-state index contributed by atoms with van der Waals surface area (Å²) >= 11 is 12.2. The van der Waals surface area contributed by atoms with Gasteiger partial charge in [-0.1, -0.05) is 44.0 Å². The van der Waals surface area contributed by atoms with Crippen LogP contribution in [0.2, 0.25) is 10.0 Å². The van der Waals surface area contributed by atoms with E-state index < -0.39 is 0 Å². The molecule has 4 heteroatoms. The monoisotopic (exact) mass is 268 g/mol. The molecule has 0 amide bonds. The van der Waals surface area contributed by atoms with Crippen molar-refractivity contribution in [3.63, 3.8) is 0 Å². The van der Waals surface area contributed by atoms with Crippen molar-refractivity contribution in [3.8, 4) is 0 Å². The predicted molar refractivity (Wildman–Crippen MR) is 74.9 cm³/mol. The Balaban J connectivity index is 2.84. The molecule has 0 saturated heterocycles. The minimum absolute atomic E-state index is 0.0754. The van der Waals surface area contributed by atoms with Crippen molar-refractivity contribution in [2.45, 2.75) is 26.2 Å². The molecule has 0 unspecified atom stereocenters. The van der Waals surface area contributed by atoms with E-state index in [2.05, 4.69) is 25.8 Å². The van der Waals surface area contributed by atoms with Gasteiger partial charge >= 0.3 is 0 Å². The number of nitrogen functional groups attached to an aromatic ring is 1. The van der Waals surface area contributed by atoms with Gasteiger partial charge in [-0.25, -0.2) is 0 Å². The molecule has 0 aliphatic rings. The van der Waals surface area contributed by atoms with Crippen LogP contribution in [0.15, 0.2) is 18.2 Å². The van der Waals surface area contributed by atoms with Gasteiger partial charge in [0.1, 0.15) is 0 Å². The zero-order chi connectivity index (χ0) is 12.8. The third-order valence-corrected chi connectivity index (χ3v) is 3.47. The number of pyridine rings is 1. The first-order valence-corrected chi connectivity index (χ1v) is 6.11. The van der Waals surface area contributed by atoms with Gasteiger partial charge < -0.3 is 5.73 Å². The molecule has 90 valence electrons. The minimum Gasteiger partial charge on any atom is -0.398 e. The van der Waals surface area contributed by atoms with Crippen molar-refractivity contribution in [1.82, 2.24) is 4.98 Å². The molecule has 0 aliphatic carbocycles. The Hall–Kier alpha value is -0.990. The first kappa shape index (κ1) is 12.5. The van der Waals surface area contributed by atoms with Gasteiger partial charge in [0.25, 0.3) is 0 Å². The molecule has 1 aromatic heterocycles. The number of nitrogens with two attached hydrogens (primary N) is 1. The van der Waals surface area contributed by atoms with E-state index in [0.29, 0.717) is 21.2 Å². The second-order valence-electron chi connectivity index (χ2n) is 5.10. The smallest absolute Gasteiger partial charge is 0.0927 e. The van der Waals surface area contributed by atoms with Crippen molar-refractivity contribution in [1.29, 1.82) is 0 Å². The lowest BCUT2D eigenvalue weighted by Gasteiger charge is -2.19. The topological polar surface area (TPSA) is 38.9 Å². The fourth-order valence-electron chi connectivity index (χ4n) is 1.64. The summed E-state index contributed by atoms with van der Waals surface area (Å²) in [6, 6.07) is 5.48. The molecule has 0 bridgehead atoms. The van der Waals surface area contributed by atoms with Crippen LogP contribution in [0.4, 0.5) is 5.69 Å². The average Bonchev–Trinajstić information content (AvgIpc) is 2.22. The Morgan fingerprint density at radius 2 is 1.82 bits per heavy atom. The van der Waals surface area contributed by atoms with Crippen molar-refractivity contribution >= 4 is 39.8 Å². The molecule has 1 aromatic carbocycles. The molecule has 0 aliphatic heterocycles. The quantitative estimate of drug-likeness (QED) is 0.768. The molecule has 2 N–H and O–H groups in total. The summed E-state index contributed by atoms with van der Waals surface area (Å²) in [4.78, 5) is 4.57. The van der Waals surface area contributed by atoms with E-state index in [4.69, 9.17) is 28.9 Å². The van der Waals surface area contributed by atoms with Crippen molar-refractivity contribution in [2.75, 3.05) is 5.73 Å². The maximum Gasteiger partial charge on any atom is 0.0927 e. The van der Waals surface area contributed by atoms with Crippen LogP contribution >= 0.6 is 23.2 Å². The maximum atomic E-state index is 6.17. The molecular formula is C13H14Cl2N2. The standard InChI is InChI=1S/C13H14Cl2N2/c1-13(2,3)10-6-9(16)7-4-5-8(14)11(15)12(7)17-10/h4-6H,1-3H3,(H2,16,17). The largest absolute Gasteiger partial charge is 0.398 e. The second-order valence-corrected chi connectivity index (χ2v) is 5.89. The van der Waals surface area contributed by atoms with Crippen molar-refractivity contribution in [2.24, 2.45) is 0 Å². The summed E-state index contributed by atoms with van der Waals surface area (Å²) in [6.45, 7) is 6.25. The molecule has 2 aromatic rings. The van der Waals surface area contributed by atoms with E-state index in [1.807, 2.05) is 12.1 Å². The Morgan fingerprint density at radius 1 is 1.18 bits per heavy atom. The fraction of sp³-hybridized carbons (Fsp3) is 0.308. The number of fused-ring (bicyclic) bond motifs is 1. The fourth-order valence-corrected chi connectivity index (χ4v) is 2.00. The van der Waals surface area contributed by atoms with Crippen LogP contribution in [0.3, 0.4) is 0 Å². The third kappa shape index (κ3) is 2.20. The van der Waals surface area contributed by atoms with E-state index in [-0.39, 0.29) is 5.41 Å². The van der Waals surface area contributed by atoms with Gasteiger partial charge in [-0.3, -0.25) is 4.98 Å². The van der Waals surface area contributed by atoms with Gasteiger partial charge in [-0.15, -0.1) is 0 Å². The second kappa shape index (κ2) is 4.04. The van der Waals surface area contributed by atoms with Crippen LogP contribution < -0.4 is 5.73 Å². The Kier molecular flexibility index (Phi) is 2.96. The van der Waals surface area contributed by atoms with Gasteiger partial charge in [-0.2, -0.15) is 0 Å². The van der Waals surface area contributed by atoms with Crippen molar-refractivity contribution < 1.29 is 0 Å².